The fourth-order valence-electron chi connectivity index (χ4n) is 5.93. The number of hydrogen-bond donors (Lipinski definition) is 2. The molecule has 0 spiro atoms. The zero-order valence-electron chi connectivity index (χ0n) is 28.9. The highest BCUT2D eigenvalue weighted by Gasteiger charge is 2.56. The monoisotopic (exact) mass is 765 g/mol. The van der Waals surface area contributed by atoms with E-state index in [4.69, 9.17) is 49.9 Å². The van der Waals surface area contributed by atoms with Gasteiger partial charge in [-0.1, -0.05) is 17.7 Å². The Morgan fingerprint density at radius 3 is 2.42 bits per heavy atom. The van der Waals surface area contributed by atoms with E-state index in [0.29, 0.717) is 30.5 Å². The molecule has 5 atom stereocenters. The first kappa shape index (κ1) is 42.3. The molecule has 5 unspecified atom stereocenters. The number of piperazine rings is 1. The van der Waals surface area contributed by atoms with Gasteiger partial charge in [-0.05, 0) is 82.9 Å². The van der Waals surface area contributed by atoms with Gasteiger partial charge in [0.1, 0.15) is 30.2 Å². The van der Waals surface area contributed by atoms with Crippen molar-refractivity contribution in [1.29, 1.82) is 0 Å². The van der Waals surface area contributed by atoms with Gasteiger partial charge in [0, 0.05) is 44.4 Å². The van der Waals surface area contributed by atoms with E-state index in [-0.39, 0.29) is 56.8 Å². The fourth-order valence-corrected chi connectivity index (χ4v) is 6.05. The number of aliphatic hydroxyl groups excluding tert-OH is 2. The summed E-state index contributed by atoms with van der Waals surface area (Å²) in [4.78, 5) is 18.6. The minimum Gasteiger partial charge on any atom is -0.484 e. The minimum absolute atomic E-state index is 0. The number of carbonyl (C=O) groups is 1. The zero-order valence-corrected chi connectivity index (χ0v) is 31.3. The number of nitrogens with zero attached hydrogens (tertiary/aromatic N) is 3. The van der Waals surface area contributed by atoms with E-state index < -0.39 is 30.4 Å². The number of fused-ring (bicyclic) bond motifs is 2. The summed E-state index contributed by atoms with van der Waals surface area (Å²) in [6, 6.07) is 13.1. The van der Waals surface area contributed by atoms with Gasteiger partial charge < -0.3 is 53.2 Å². The average molecular weight is 767 g/mol. The first-order valence-corrected chi connectivity index (χ1v) is 16.7. The van der Waals surface area contributed by atoms with Crippen molar-refractivity contribution in [2.75, 3.05) is 73.4 Å². The van der Waals surface area contributed by atoms with Gasteiger partial charge in [-0.3, -0.25) is 9.69 Å². The third-order valence-corrected chi connectivity index (χ3v) is 8.65. The molecular formula is C34H50Cl3N3O10. The van der Waals surface area contributed by atoms with Crippen LogP contribution in [0.15, 0.2) is 42.5 Å². The average Bonchev–Trinajstić information content (AvgIpc) is 3.75. The van der Waals surface area contributed by atoms with E-state index in [9.17, 15) is 9.90 Å². The van der Waals surface area contributed by atoms with E-state index in [0.717, 1.165) is 44.1 Å². The molecule has 6 rings (SSSR count). The first-order chi connectivity index (χ1) is 23.0. The Morgan fingerprint density at radius 2 is 1.74 bits per heavy atom. The van der Waals surface area contributed by atoms with Crippen molar-refractivity contribution >= 4 is 42.3 Å². The highest BCUT2D eigenvalue weighted by molar-refractivity contribution is 6.30. The number of ether oxygens (including phenoxy) is 7. The normalized spacial score (nSPS) is 24.0. The number of benzene rings is 2. The van der Waals surface area contributed by atoms with Crippen molar-refractivity contribution in [2.45, 2.75) is 63.3 Å². The van der Waals surface area contributed by atoms with Crippen molar-refractivity contribution in [1.82, 2.24) is 14.7 Å². The third-order valence-electron chi connectivity index (χ3n) is 8.40. The van der Waals surface area contributed by atoms with Crippen LogP contribution in [0.5, 0.6) is 17.2 Å². The number of rotatable bonds is 12. The summed E-state index contributed by atoms with van der Waals surface area (Å²) < 4.78 is 39.3. The van der Waals surface area contributed by atoms with Crippen LogP contribution in [-0.4, -0.2) is 141 Å². The molecule has 0 bridgehead atoms. The van der Waals surface area contributed by atoms with Crippen LogP contribution in [0, 0.1) is 0 Å². The van der Waals surface area contributed by atoms with Gasteiger partial charge in [0.05, 0.1) is 6.61 Å². The number of carbonyl (C=O) groups excluding carboxylic acids is 1. The van der Waals surface area contributed by atoms with Crippen LogP contribution in [0.3, 0.4) is 0 Å². The number of aliphatic hydroxyl groups is 2. The molecule has 2 aromatic carbocycles. The summed E-state index contributed by atoms with van der Waals surface area (Å²) in [6.45, 7) is 8.94. The van der Waals surface area contributed by atoms with Crippen LogP contribution >= 0.6 is 36.4 Å². The molecule has 4 heterocycles. The summed E-state index contributed by atoms with van der Waals surface area (Å²) in [5.74, 6) is 1.53. The molecule has 50 heavy (non-hydrogen) atoms. The molecule has 0 radical (unpaired) electrons. The standard InChI is InChI=1S/C20H21ClN2O4.C14H27NO6.2ClH/c21-16-2-4-17(5-3-16)25-13-20(24)23-9-7-22(8-10-23)12-15-1-6-18-19(11-15)27-14-26-18;1-14(2)20-12-11(18-7-5-6-15(3)4)10(9(17)8-16)19-13(12)21-14;;/h1-6,11H,7-10,12-14H2;9-13,16-17H,5-8H2,1-4H3;2*1H. The number of halogens is 3. The predicted molar refractivity (Wildman–Crippen MR) is 191 cm³/mol. The van der Waals surface area contributed by atoms with E-state index in [1.54, 1.807) is 24.3 Å². The molecule has 16 heteroatoms. The Labute approximate surface area is 311 Å². The Bertz CT molecular complexity index is 1330. The Balaban J connectivity index is 0.000000268. The van der Waals surface area contributed by atoms with Crippen LogP contribution in [0.25, 0.3) is 0 Å². The van der Waals surface area contributed by atoms with Crippen molar-refractivity contribution in [3.05, 3.63) is 53.1 Å². The smallest absolute Gasteiger partial charge is 0.260 e. The summed E-state index contributed by atoms with van der Waals surface area (Å²) in [7, 11) is 4.01. The van der Waals surface area contributed by atoms with Crippen LogP contribution < -0.4 is 14.2 Å². The number of amides is 1. The van der Waals surface area contributed by atoms with Crippen LogP contribution in [0.1, 0.15) is 25.8 Å². The molecular weight excluding hydrogens is 717 g/mol. The lowest BCUT2D eigenvalue weighted by Crippen LogP contribution is -2.49. The van der Waals surface area contributed by atoms with Gasteiger partial charge >= 0.3 is 0 Å². The van der Waals surface area contributed by atoms with Gasteiger partial charge in [-0.2, -0.15) is 0 Å². The molecule has 4 aliphatic heterocycles. The largest absolute Gasteiger partial charge is 0.484 e. The quantitative estimate of drug-likeness (QED) is 0.308. The van der Waals surface area contributed by atoms with Gasteiger partial charge in [-0.15, -0.1) is 24.8 Å². The second-order valence-electron chi connectivity index (χ2n) is 12.9. The Kier molecular flexibility index (Phi) is 16.6. The molecule has 0 aliphatic carbocycles. The second-order valence-corrected chi connectivity index (χ2v) is 13.3. The third kappa shape index (κ3) is 11.7. The predicted octanol–water partition coefficient (Wildman–Crippen LogP) is 3.19. The maximum Gasteiger partial charge on any atom is 0.260 e. The SMILES string of the molecule is CN(C)CCCOC1C(C(O)CO)OC2OC(C)(C)OC21.Cl.Cl.O=C(COc1ccc(Cl)cc1)N1CCN(Cc2ccc3c(c2)OCO3)CC1. The van der Waals surface area contributed by atoms with Crippen molar-refractivity contribution < 1.29 is 48.2 Å². The molecule has 2 aromatic rings. The number of hydrogen-bond acceptors (Lipinski definition) is 12. The van der Waals surface area contributed by atoms with Crippen molar-refractivity contribution in [3.8, 4) is 17.2 Å². The Morgan fingerprint density at radius 1 is 1.04 bits per heavy atom. The van der Waals surface area contributed by atoms with Crippen LogP contribution in [-0.2, 0) is 30.3 Å². The minimum atomic E-state index is -1.01. The van der Waals surface area contributed by atoms with Gasteiger partial charge in [0.2, 0.25) is 6.79 Å². The lowest BCUT2D eigenvalue weighted by molar-refractivity contribution is -0.231. The highest BCUT2D eigenvalue weighted by Crippen LogP contribution is 2.39. The molecule has 2 N–H and O–H groups in total. The second kappa shape index (κ2) is 19.6. The molecule has 282 valence electrons. The maximum absolute atomic E-state index is 12.4. The molecule has 1 amide bonds. The molecule has 0 aromatic heterocycles. The Hall–Kier alpha value is -2.14. The van der Waals surface area contributed by atoms with Gasteiger partial charge in [0.15, 0.2) is 30.2 Å². The van der Waals surface area contributed by atoms with E-state index in [1.165, 1.54) is 5.56 Å². The maximum atomic E-state index is 12.4. The molecule has 13 nitrogen and oxygen atoms in total. The van der Waals surface area contributed by atoms with Crippen LogP contribution in [0.2, 0.25) is 5.02 Å². The fraction of sp³-hybridized carbons (Fsp3) is 0.618. The summed E-state index contributed by atoms with van der Waals surface area (Å²) >= 11 is 5.85. The zero-order chi connectivity index (χ0) is 34.3. The van der Waals surface area contributed by atoms with E-state index in [2.05, 4.69) is 15.9 Å². The topological polar surface area (TPSA) is 132 Å². The summed E-state index contributed by atoms with van der Waals surface area (Å²) in [6.07, 6.45) is -2.17. The molecule has 3 saturated heterocycles. The van der Waals surface area contributed by atoms with Crippen LogP contribution in [0.4, 0.5) is 0 Å². The van der Waals surface area contributed by atoms with Crippen molar-refractivity contribution in [2.24, 2.45) is 0 Å². The summed E-state index contributed by atoms with van der Waals surface area (Å²) in [5.41, 5.74) is 1.19. The highest BCUT2D eigenvalue weighted by atomic mass is 35.5. The molecule has 0 saturated carbocycles. The first-order valence-electron chi connectivity index (χ1n) is 16.3. The van der Waals surface area contributed by atoms with Gasteiger partial charge in [-0.25, -0.2) is 0 Å². The van der Waals surface area contributed by atoms with Crippen molar-refractivity contribution in [3.63, 3.8) is 0 Å². The summed E-state index contributed by atoms with van der Waals surface area (Å²) in [5, 5.41) is 19.7. The lowest BCUT2D eigenvalue weighted by atomic mass is 10.1. The van der Waals surface area contributed by atoms with E-state index in [1.807, 2.05) is 45.0 Å². The molecule has 3 fully saturated rings. The van der Waals surface area contributed by atoms with E-state index >= 15 is 0 Å². The van der Waals surface area contributed by atoms with Gasteiger partial charge in [0.25, 0.3) is 5.91 Å². The lowest BCUT2D eigenvalue weighted by Gasteiger charge is -2.34. The molecule has 4 aliphatic rings.